The van der Waals surface area contributed by atoms with Crippen LogP contribution in [0.2, 0.25) is 0 Å². The molecule has 0 atom stereocenters. The number of piperazine rings is 2. The number of aliphatic imine (C=N–C) groups is 4. The molecule has 9 N–H and O–H groups in total. The van der Waals surface area contributed by atoms with E-state index in [1.165, 1.54) is 16.8 Å². The Kier molecular flexibility index (Phi) is 14.2. The summed E-state index contributed by atoms with van der Waals surface area (Å²) in [7, 11) is 0. The highest BCUT2D eigenvalue weighted by Gasteiger charge is 2.26. The summed E-state index contributed by atoms with van der Waals surface area (Å²) in [5.74, 6) is -1.84. The topological polar surface area (TPSA) is 274 Å². The minimum Gasteiger partial charge on any atom is -0.477 e. The van der Waals surface area contributed by atoms with E-state index in [2.05, 4.69) is 29.9 Å². The number of halogens is 2. The van der Waals surface area contributed by atoms with Crippen LogP contribution in [-0.4, -0.2) is 129 Å². The summed E-state index contributed by atoms with van der Waals surface area (Å²) in [5, 5.41) is 9.57. The molecule has 0 amide bonds. The number of anilines is 2. The van der Waals surface area contributed by atoms with Crippen LogP contribution in [0.4, 0.5) is 20.4 Å². The first-order valence-corrected chi connectivity index (χ1v) is 20.7. The molecule has 0 radical (unpaired) electrons. The number of aromatic carboxylic acids is 1. The zero-order chi connectivity index (χ0) is 44.7. The molecule has 4 aromatic rings. The van der Waals surface area contributed by atoms with Crippen LogP contribution in [0, 0.1) is 18.6 Å². The molecule has 0 saturated carbocycles. The Morgan fingerprint density at radius 3 is 1.52 bits per heavy atom. The zero-order valence-electron chi connectivity index (χ0n) is 35.2. The number of nitrogens with zero attached hydrogens (tertiary/aromatic N) is 12. The Morgan fingerprint density at radius 1 is 0.677 bits per heavy atom. The zero-order valence-corrected chi connectivity index (χ0v) is 35.2. The van der Waals surface area contributed by atoms with Crippen molar-refractivity contribution in [3.63, 3.8) is 0 Å². The number of rotatable bonds is 12. The lowest BCUT2D eigenvalue weighted by molar-refractivity contribution is 0.0694. The van der Waals surface area contributed by atoms with Crippen molar-refractivity contribution in [2.24, 2.45) is 42.9 Å². The average molecular weight is 861 g/mol. The Balaban J connectivity index is 0.900. The van der Waals surface area contributed by atoms with Gasteiger partial charge in [0.15, 0.2) is 40.6 Å². The number of carboxylic acid groups (broad SMARTS) is 1. The third kappa shape index (κ3) is 10.0. The number of carboxylic acids is 1. The van der Waals surface area contributed by atoms with Crippen molar-refractivity contribution in [1.29, 1.82) is 0 Å². The molecule has 22 heteroatoms. The molecule has 2 fully saturated rings. The van der Waals surface area contributed by atoms with Crippen molar-refractivity contribution in [1.82, 2.24) is 28.9 Å². The molecule has 0 unspecified atom stereocenters. The van der Waals surface area contributed by atoms with Gasteiger partial charge >= 0.3 is 5.97 Å². The standard InChI is InChI=1S/C40H54F2N16O4/c1-4-53-22-24(3)30(59)25-20-28(41)34(49-32(25)53)55-12-16-57(17-13-55)39(45)51-37(43)47-10-8-6-7-9-11-48-38(44)52-40(46)58-18-14-56(15-19-58)35-29(42)21-26-31(60)27(36(61)62)23-54(5-2)33(26)50-35/h20-23H,4-19H2,1-3H3,(H,61,62)(H4,43,45,47,51)(H4,44,46,48,52). The number of hydrogen-bond acceptors (Lipinski definition) is 9. The highest BCUT2D eigenvalue weighted by molar-refractivity contribution is 5.94. The molecule has 4 aromatic heterocycles. The molecule has 0 bridgehead atoms. The molecule has 0 aromatic carbocycles. The third-order valence-electron chi connectivity index (χ3n) is 10.9. The molecule has 2 aliphatic heterocycles. The van der Waals surface area contributed by atoms with Crippen LogP contribution in [0.1, 0.15) is 55.5 Å². The number of fused-ring (bicyclic) bond motifs is 2. The first kappa shape index (κ1) is 44.7. The summed E-state index contributed by atoms with van der Waals surface area (Å²) in [5.41, 5.74) is 24.3. The summed E-state index contributed by atoms with van der Waals surface area (Å²) in [6, 6.07) is 2.33. The van der Waals surface area contributed by atoms with E-state index in [0.29, 0.717) is 89.7 Å². The van der Waals surface area contributed by atoms with Gasteiger partial charge in [-0.1, -0.05) is 12.8 Å². The van der Waals surface area contributed by atoms with E-state index in [1.807, 2.05) is 26.2 Å². The van der Waals surface area contributed by atoms with Crippen LogP contribution < -0.4 is 43.6 Å². The van der Waals surface area contributed by atoms with Gasteiger partial charge in [-0.05, 0) is 45.7 Å². The lowest BCUT2D eigenvalue weighted by Crippen LogP contribution is -2.52. The summed E-state index contributed by atoms with van der Waals surface area (Å²) in [6.45, 7) is 10.7. The van der Waals surface area contributed by atoms with Crippen LogP contribution in [0.3, 0.4) is 0 Å². The summed E-state index contributed by atoms with van der Waals surface area (Å²) in [6.07, 6.45) is 6.28. The number of carbonyl (C=O) groups is 1. The second-order valence-electron chi connectivity index (χ2n) is 15.0. The fourth-order valence-corrected chi connectivity index (χ4v) is 7.48. The molecular formula is C40H54F2N16O4. The first-order chi connectivity index (χ1) is 29.7. The van der Waals surface area contributed by atoms with E-state index in [4.69, 9.17) is 22.9 Å². The normalized spacial score (nSPS) is 16.0. The number of hydrogen-bond donors (Lipinski definition) is 5. The van der Waals surface area contributed by atoms with E-state index < -0.39 is 28.6 Å². The summed E-state index contributed by atoms with van der Waals surface area (Å²) < 4.78 is 33.8. The van der Waals surface area contributed by atoms with Crippen molar-refractivity contribution in [3.05, 3.63) is 67.7 Å². The van der Waals surface area contributed by atoms with Crippen molar-refractivity contribution in [3.8, 4) is 0 Å². The molecule has 62 heavy (non-hydrogen) atoms. The average Bonchev–Trinajstić information content (AvgIpc) is 3.25. The quantitative estimate of drug-likeness (QED) is 0.0761. The van der Waals surface area contributed by atoms with Gasteiger partial charge in [0, 0.05) is 96.5 Å². The highest BCUT2D eigenvalue weighted by atomic mass is 19.1. The summed E-state index contributed by atoms with van der Waals surface area (Å²) >= 11 is 0. The fourth-order valence-electron chi connectivity index (χ4n) is 7.48. The first-order valence-electron chi connectivity index (χ1n) is 20.7. The van der Waals surface area contributed by atoms with Crippen molar-refractivity contribution in [2.45, 2.75) is 59.5 Å². The van der Waals surface area contributed by atoms with Gasteiger partial charge < -0.3 is 56.8 Å². The molecule has 6 rings (SSSR count). The number of pyridine rings is 4. The Morgan fingerprint density at radius 2 is 1.10 bits per heavy atom. The maximum absolute atomic E-state index is 15.2. The monoisotopic (exact) mass is 860 g/mol. The molecule has 6 heterocycles. The minimum absolute atomic E-state index is 0.0517. The summed E-state index contributed by atoms with van der Waals surface area (Å²) in [4.78, 5) is 70.2. The molecule has 2 saturated heterocycles. The molecule has 2 aliphatic rings. The molecular weight excluding hydrogens is 807 g/mol. The largest absolute Gasteiger partial charge is 0.477 e. The number of aromatic nitrogens is 4. The van der Waals surface area contributed by atoms with Crippen molar-refractivity contribution >= 4 is 63.5 Å². The van der Waals surface area contributed by atoms with E-state index >= 15 is 8.78 Å². The van der Waals surface area contributed by atoms with E-state index in [1.54, 1.807) is 24.9 Å². The number of nitrogens with two attached hydrogens (primary N) is 4. The van der Waals surface area contributed by atoms with E-state index in [-0.39, 0.29) is 57.3 Å². The molecule has 0 spiro atoms. The lowest BCUT2D eigenvalue weighted by atomic mass is 10.2. The van der Waals surface area contributed by atoms with Crippen molar-refractivity contribution in [2.75, 3.05) is 75.2 Å². The van der Waals surface area contributed by atoms with Crippen LogP contribution in [-0.2, 0) is 13.1 Å². The second-order valence-corrected chi connectivity index (χ2v) is 15.0. The van der Waals surface area contributed by atoms with Crippen LogP contribution in [0.15, 0.2) is 54.1 Å². The molecule has 0 aliphatic carbocycles. The molecule has 20 nitrogen and oxygen atoms in total. The van der Waals surface area contributed by atoms with Crippen LogP contribution >= 0.6 is 0 Å². The predicted octanol–water partition coefficient (Wildman–Crippen LogP) is 1.19. The Hall–Kier alpha value is -6.87. The predicted molar refractivity (Wildman–Crippen MR) is 237 cm³/mol. The maximum Gasteiger partial charge on any atom is 0.341 e. The Labute approximate surface area is 355 Å². The number of aryl methyl sites for hydroxylation is 3. The van der Waals surface area contributed by atoms with Crippen LogP contribution in [0.25, 0.3) is 22.1 Å². The van der Waals surface area contributed by atoms with Crippen LogP contribution in [0.5, 0.6) is 0 Å². The van der Waals surface area contributed by atoms with Crippen molar-refractivity contribution < 1.29 is 18.7 Å². The van der Waals surface area contributed by atoms with E-state index in [0.717, 1.165) is 31.7 Å². The Bertz CT molecular complexity index is 2560. The van der Waals surface area contributed by atoms with Gasteiger partial charge in [0.05, 0.1) is 10.8 Å². The van der Waals surface area contributed by atoms with Gasteiger partial charge in [0.1, 0.15) is 16.9 Å². The van der Waals surface area contributed by atoms with Gasteiger partial charge in [-0.15, -0.1) is 0 Å². The number of guanidine groups is 4. The highest BCUT2D eigenvalue weighted by Crippen LogP contribution is 2.24. The van der Waals surface area contributed by atoms with Gasteiger partial charge in [0.2, 0.25) is 17.3 Å². The smallest absolute Gasteiger partial charge is 0.341 e. The van der Waals surface area contributed by atoms with E-state index in [9.17, 15) is 19.5 Å². The molecule has 332 valence electrons. The fraction of sp³-hybridized carbons (Fsp3) is 0.475. The van der Waals surface area contributed by atoms with Gasteiger partial charge in [-0.25, -0.2) is 23.5 Å². The van der Waals surface area contributed by atoms with Gasteiger partial charge in [0.25, 0.3) is 0 Å². The number of unbranched alkanes of at least 4 members (excludes halogenated alkanes) is 3. The third-order valence-corrected chi connectivity index (χ3v) is 10.9. The van der Waals surface area contributed by atoms with Gasteiger partial charge in [-0.2, -0.15) is 9.98 Å². The second kappa shape index (κ2) is 19.7. The lowest BCUT2D eigenvalue weighted by Gasteiger charge is -2.36. The maximum atomic E-state index is 15.2. The van der Waals surface area contributed by atoms with Gasteiger partial charge in [-0.3, -0.25) is 19.6 Å². The minimum atomic E-state index is -1.38. The SMILES string of the molecule is CCn1cc(C)c(=O)c2cc(F)c(N3CCN(/C(N)=N/C(N)=NCCCCCCN=C(N)/N=C(\N)N4CCN(c5nc6c(cc5F)c(=O)c(C(=O)O)cn6CC)CC4)CC3)nc21.